The van der Waals surface area contributed by atoms with Gasteiger partial charge in [-0.1, -0.05) is 24.3 Å². The van der Waals surface area contributed by atoms with Gasteiger partial charge in [0.25, 0.3) is 0 Å². The lowest BCUT2D eigenvalue weighted by molar-refractivity contribution is 0.466. The van der Waals surface area contributed by atoms with Crippen LogP contribution in [0, 0.1) is 0 Å². The van der Waals surface area contributed by atoms with Crippen molar-refractivity contribution >= 4 is 29.1 Å². The Balaban J connectivity index is 2.94. The average molecular weight is 191 g/mol. The molecule has 0 radical (unpaired) electrons. The molecule has 2 aromatic rings. The van der Waals surface area contributed by atoms with E-state index in [4.69, 9.17) is 5.73 Å². The van der Waals surface area contributed by atoms with Crippen molar-refractivity contribution in [2.24, 2.45) is 0 Å². The minimum absolute atomic E-state index is 0.0574. The van der Waals surface area contributed by atoms with Crippen molar-refractivity contribution in [2.45, 2.75) is 4.90 Å². The summed E-state index contributed by atoms with van der Waals surface area (Å²) in [6.45, 7) is 0. The first-order valence-electron chi connectivity index (χ1n) is 3.89. The summed E-state index contributed by atoms with van der Waals surface area (Å²) in [6, 6.07) is 9.41. The Labute approximate surface area is 81.4 Å². The molecule has 3 N–H and O–H groups in total. The molecule has 0 saturated heterocycles. The van der Waals surface area contributed by atoms with Crippen molar-refractivity contribution in [1.29, 1.82) is 0 Å². The molecule has 3 heteroatoms. The van der Waals surface area contributed by atoms with Crippen LogP contribution in [0.5, 0.6) is 5.75 Å². The van der Waals surface area contributed by atoms with Gasteiger partial charge in [0.1, 0.15) is 0 Å². The van der Waals surface area contributed by atoms with E-state index in [0.29, 0.717) is 10.6 Å². The van der Waals surface area contributed by atoms with Crippen LogP contribution in [0.15, 0.2) is 35.2 Å². The minimum Gasteiger partial charge on any atom is -0.505 e. The first kappa shape index (κ1) is 8.26. The molecule has 2 aromatic carbocycles. The number of nitrogen functional groups attached to an aromatic ring is 1. The Morgan fingerprint density at radius 2 is 1.92 bits per heavy atom. The summed E-state index contributed by atoms with van der Waals surface area (Å²) in [4.78, 5) is 0.510. The maximum atomic E-state index is 9.50. The van der Waals surface area contributed by atoms with Crippen molar-refractivity contribution in [3.05, 3.63) is 30.3 Å². The van der Waals surface area contributed by atoms with Crippen molar-refractivity contribution in [2.75, 3.05) is 5.73 Å². The molecule has 0 saturated carbocycles. The first-order chi connectivity index (χ1) is 6.20. The number of benzene rings is 2. The monoisotopic (exact) mass is 191 g/mol. The summed E-state index contributed by atoms with van der Waals surface area (Å²) < 4.78 is 0. The molecule has 0 spiro atoms. The molecule has 0 heterocycles. The molecule has 0 aliphatic rings. The van der Waals surface area contributed by atoms with Gasteiger partial charge in [-0.05, 0) is 11.5 Å². The third-order valence-electron chi connectivity index (χ3n) is 2.04. The van der Waals surface area contributed by atoms with Crippen LogP contribution in [0.3, 0.4) is 0 Å². The summed E-state index contributed by atoms with van der Waals surface area (Å²) in [5.74, 6) is 0.0574. The van der Waals surface area contributed by atoms with E-state index < -0.39 is 0 Å². The lowest BCUT2D eigenvalue weighted by Gasteiger charge is -2.06. The maximum absolute atomic E-state index is 9.50. The second-order valence-electron chi connectivity index (χ2n) is 2.88. The second-order valence-corrected chi connectivity index (χ2v) is 3.36. The second kappa shape index (κ2) is 2.85. The number of anilines is 1. The molecule has 0 aromatic heterocycles. The Morgan fingerprint density at radius 1 is 1.23 bits per heavy atom. The van der Waals surface area contributed by atoms with Crippen LogP contribution >= 0.6 is 12.6 Å². The highest BCUT2D eigenvalue weighted by Gasteiger charge is 2.06. The van der Waals surface area contributed by atoms with Gasteiger partial charge in [0.2, 0.25) is 0 Å². The average Bonchev–Trinajstić information content (AvgIpc) is 2.15. The lowest BCUT2D eigenvalue weighted by Crippen LogP contribution is -1.88. The summed E-state index contributed by atoms with van der Waals surface area (Å²) in [5, 5.41) is 11.4. The number of nitrogens with two attached hydrogens (primary N) is 1. The van der Waals surface area contributed by atoms with Crippen LogP contribution in [0.25, 0.3) is 10.8 Å². The van der Waals surface area contributed by atoms with Gasteiger partial charge >= 0.3 is 0 Å². The van der Waals surface area contributed by atoms with E-state index in [2.05, 4.69) is 12.6 Å². The van der Waals surface area contributed by atoms with E-state index in [1.165, 1.54) is 0 Å². The Hall–Kier alpha value is -1.35. The number of hydrogen-bond acceptors (Lipinski definition) is 3. The molecule has 2 nitrogen and oxygen atoms in total. The van der Waals surface area contributed by atoms with Gasteiger partial charge in [-0.15, -0.1) is 12.6 Å². The molecule has 2 rings (SSSR count). The SMILES string of the molecule is Nc1c(O)c(S)cc2ccccc12. The van der Waals surface area contributed by atoms with Crippen LogP contribution in [-0.4, -0.2) is 5.11 Å². The van der Waals surface area contributed by atoms with Gasteiger partial charge in [-0.25, -0.2) is 0 Å². The van der Waals surface area contributed by atoms with Gasteiger partial charge in [0.15, 0.2) is 5.75 Å². The van der Waals surface area contributed by atoms with E-state index >= 15 is 0 Å². The largest absolute Gasteiger partial charge is 0.505 e. The number of phenolic OH excluding ortho intramolecular Hbond substituents is 1. The Bertz CT molecular complexity index is 468. The maximum Gasteiger partial charge on any atom is 0.152 e. The van der Waals surface area contributed by atoms with E-state index in [0.717, 1.165) is 10.8 Å². The zero-order valence-electron chi connectivity index (χ0n) is 6.86. The zero-order chi connectivity index (χ0) is 9.42. The summed E-state index contributed by atoms with van der Waals surface area (Å²) in [5.41, 5.74) is 6.11. The highest BCUT2D eigenvalue weighted by Crippen LogP contribution is 2.35. The third kappa shape index (κ3) is 1.21. The van der Waals surface area contributed by atoms with Crippen LogP contribution in [0.4, 0.5) is 5.69 Å². The number of fused-ring (bicyclic) bond motifs is 1. The Morgan fingerprint density at radius 3 is 2.69 bits per heavy atom. The summed E-state index contributed by atoms with van der Waals surface area (Å²) >= 11 is 4.11. The molecular weight excluding hydrogens is 182 g/mol. The molecule has 0 amide bonds. The van der Waals surface area contributed by atoms with Gasteiger partial charge < -0.3 is 10.8 Å². The fourth-order valence-electron chi connectivity index (χ4n) is 1.35. The van der Waals surface area contributed by atoms with Crippen molar-refractivity contribution in [3.63, 3.8) is 0 Å². The lowest BCUT2D eigenvalue weighted by atomic mass is 10.1. The van der Waals surface area contributed by atoms with Crippen LogP contribution < -0.4 is 5.73 Å². The number of hydrogen-bond donors (Lipinski definition) is 3. The third-order valence-corrected chi connectivity index (χ3v) is 2.38. The highest BCUT2D eigenvalue weighted by molar-refractivity contribution is 7.80. The molecule has 66 valence electrons. The molecule has 13 heavy (non-hydrogen) atoms. The topological polar surface area (TPSA) is 46.2 Å². The van der Waals surface area contributed by atoms with E-state index in [1.54, 1.807) is 6.07 Å². The standard InChI is InChI=1S/C10H9NOS/c11-9-7-4-2-1-3-6(7)5-8(13)10(9)12/h1-5,12-13H,11H2. The number of aromatic hydroxyl groups is 1. The number of phenols is 1. The van der Waals surface area contributed by atoms with Gasteiger partial charge in [-0.3, -0.25) is 0 Å². The normalized spacial score (nSPS) is 10.5. The van der Waals surface area contributed by atoms with Crippen LogP contribution in [0.2, 0.25) is 0 Å². The number of thiol groups is 1. The fourth-order valence-corrected chi connectivity index (χ4v) is 1.61. The van der Waals surface area contributed by atoms with Crippen molar-refractivity contribution in [3.8, 4) is 5.75 Å². The molecule has 0 bridgehead atoms. The predicted molar refractivity (Wildman–Crippen MR) is 57.3 cm³/mol. The van der Waals surface area contributed by atoms with Gasteiger partial charge in [0.05, 0.1) is 5.69 Å². The van der Waals surface area contributed by atoms with Crippen LogP contribution in [-0.2, 0) is 0 Å². The summed E-state index contributed by atoms with van der Waals surface area (Å²) in [6.07, 6.45) is 0. The van der Waals surface area contributed by atoms with Crippen molar-refractivity contribution in [1.82, 2.24) is 0 Å². The van der Waals surface area contributed by atoms with Gasteiger partial charge in [-0.2, -0.15) is 0 Å². The highest BCUT2D eigenvalue weighted by atomic mass is 32.1. The van der Waals surface area contributed by atoms with E-state index in [1.807, 2.05) is 24.3 Å². The molecule has 0 aliphatic carbocycles. The van der Waals surface area contributed by atoms with E-state index in [-0.39, 0.29) is 5.75 Å². The number of rotatable bonds is 0. The first-order valence-corrected chi connectivity index (χ1v) is 4.34. The zero-order valence-corrected chi connectivity index (χ0v) is 7.75. The molecule has 0 atom stereocenters. The molecule has 0 unspecified atom stereocenters. The van der Waals surface area contributed by atoms with Crippen LogP contribution in [0.1, 0.15) is 0 Å². The fraction of sp³-hybridized carbons (Fsp3) is 0. The molecule has 0 fully saturated rings. The predicted octanol–water partition coefficient (Wildman–Crippen LogP) is 2.42. The minimum atomic E-state index is 0.0574. The van der Waals surface area contributed by atoms with Crippen molar-refractivity contribution < 1.29 is 5.11 Å². The quantitative estimate of drug-likeness (QED) is 0.340. The molecule has 0 aliphatic heterocycles. The van der Waals surface area contributed by atoms with Gasteiger partial charge in [0, 0.05) is 10.3 Å². The Kier molecular flexibility index (Phi) is 1.81. The van der Waals surface area contributed by atoms with E-state index in [9.17, 15) is 5.11 Å². The molecular formula is C10H9NOS. The smallest absolute Gasteiger partial charge is 0.152 e. The summed E-state index contributed by atoms with van der Waals surface area (Å²) in [7, 11) is 0.